The van der Waals surface area contributed by atoms with Crippen molar-refractivity contribution in [1.29, 1.82) is 0 Å². The van der Waals surface area contributed by atoms with Gasteiger partial charge in [-0.1, -0.05) is 30.3 Å². The lowest BCUT2D eigenvalue weighted by Gasteiger charge is -2.30. The Labute approximate surface area is 162 Å². The molecule has 1 aliphatic rings. The Morgan fingerprint density at radius 1 is 1.31 bits per heavy atom. The number of carbonyl (C=O) groups is 1. The Morgan fingerprint density at radius 2 is 2.08 bits per heavy atom. The number of carbonyl (C=O) groups excluding carboxylic acids is 1. The van der Waals surface area contributed by atoms with Gasteiger partial charge in [0.2, 0.25) is 5.91 Å². The summed E-state index contributed by atoms with van der Waals surface area (Å²) in [5.41, 5.74) is 3.22. The fraction of sp³-hybridized carbons (Fsp3) is 0.500. The lowest BCUT2D eigenvalue weighted by molar-refractivity contribution is -0.135. The first kappa shape index (κ1) is 20.5. The molecule has 0 unspecified atom stereocenters. The van der Waals surface area contributed by atoms with Crippen LogP contribution in [0.4, 0.5) is 0 Å². The first-order chi connectivity index (χ1) is 12.1. The number of H-pyrrole nitrogens is 1. The minimum absolute atomic E-state index is 0. The normalized spacial score (nSPS) is 19.6. The van der Waals surface area contributed by atoms with Crippen LogP contribution in [0.2, 0.25) is 0 Å². The number of aromatic amines is 1. The molecule has 1 fully saturated rings. The van der Waals surface area contributed by atoms with E-state index < -0.39 is 0 Å². The maximum atomic E-state index is 12.6. The van der Waals surface area contributed by atoms with E-state index in [0.717, 1.165) is 55.7 Å². The number of hydrogen-bond donors (Lipinski definition) is 2. The molecule has 0 bridgehead atoms. The average Bonchev–Trinajstić information content (AvgIpc) is 3.10. The number of amides is 1. The second-order valence-electron chi connectivity index (χ2n) is 7.08. The van der Waals surface area contributed by atoms with Gasteiger partial charge < -0.3 is 10.2 Å². The summed E-state index contributed by atoms with van der Waals surface area (Å²) in [6, 6.07) is 12.7. The van der Waals surface area contributed by atoms with E-state index in [9.17, 15) is 4.79 Å². The molecule has 1 aliphatic heterocycles. The summed E-state index contributed by atoms with van der Waals surface area (Å²) in [5.74, 6) is 0.473. The maximum Gasteiger partial charge on any atom is 0.225 e. The molecule has 0 radical (unpaired) electrons. The highest BCUT2D eigenvalue weighted by atomic mass is 35.5. The van der Waals surface area contributed by atoms with E-state index in [2.05, 4.69) is 40.6 Å². The second-order valence-corrected chi connectivity index (χ2v) is 7.08. The monoisotopic (exact) mass is 376 g/mol. The van der Waals surface area contributed by atoms with Crippen LogP contribution in [0, 0.1) is 5.92 Å². The third-order valence-corrected chi connectivity index (χ3v) is 4.99. The van der Waals surface area contributed by atoms with E-state index in [1.807, 2.05) is 30.1 Å². The number of rotatable bonds is 6. The maximum absolute atomic E-state index is 12.6. The predicted octanol–water partition coefficient (Wildman–Crippen LogP) is 3.28. The Morgan fingerprint density at radius 3 is 2.81 bits per heavy atom. The molecule has 0 spiro atoms. The number of halogens is 1. The van der Waals surface area contributed by atoms with Crippen molar-refractivity contribution in [3.8, 4) is 11.3 Å². The van der Waals surface area contributed by atoms with Crippen LogP contribution in [0.25, 0.3) is 11.3 Å². The quantitative estimate of drug-likeness (QED) is 0.813. The molecule has 26 heavy (non-hydrogen) atoms. The highest BCUT2D eigenvalue weighted by Gasteiger charge is 2.26. The topological polar surface area (TPSA) is 61.0 Å². The van der Waals surface area contributed by atoms with Gasteiger partial charge in [-0.2, -0.15) is 5.10 Å². The van der Waals surface area contributed by atoms with Gasteiger partial charge in [-0.15, -0.1) is 12.4 Å². The van der Waals surface area contributed by atoms with Crippen LogP contribution >= 0.6 is 12.4 Å². The van der Waals surface area contributed by atoms with Crippen LogP contribution in [0.5, 0.6) is 0 Å². The first-order valence-corrected chi connectivity index (χ1v) is 9.21. The molecule has 2 heterocycles. The summed E-state index contributed by atoms with van der Waals surface area (Å²) < 4.78 is 0. The summed E-state index contributed by atoms with van der Waals surface area (Å²) in [6.07, 6.45) is 3.75. The van der Waals surface area contributed by atoms with Crippen molar-refractivity contribution in [1.82, 2.24) is 20.4 Å². The fourth-order valence-electron chi connectivity index (χ4n) is 3.53. The molecule has 0 aliphatic carbocycles. The highest BCUT2D eigenvalue weighted by molar-refractivity contribution is 5.85. The molecule has 2 N–H and O–H groups in total. The standard InChI is InChI=1S/C20H28N4O.ClH/c1-15-13-17(10-11-21-15)20(25)24(2)12-6-9-18-14-19(23-22-18)16-7-4-3-5-8-16;/h3-5,7-8,14-15,17,21H,6,9-13H2,1-2H3,(H,22,23);1H/t15-,17-;/m0./s1. The summed E-state index contributed by atoms with van der Waals surface area (Å²) in [6.45, 7) is 3.89. The van der Waals surface area contributed by atoms with Crippen molar-refractivity contribution in [3.05, 3.63) is 42.1 Å². The van der Waals surface area contributed by atoms with Gasteiger partial charge in [-0.25, -0.2) is 0 Å². The number of aromatic nitrogens is 2. The van der Waals surface area contributed by atoms with Crippen molar-refractivity contribution >= 4 is 18.3 Å². The number of piperidine rings is 1. The Kier molecular flexibility index (Phi) is 7.66. The molecule has 142 valence electrons. The minimum atomic E-state index is 0. The van der Waals surface area contributed by atoms with E-state index in [-0.39, 0.29) is 18.3 Å². The number of nitrogens with one attached hydrogen (secondary N) is 2. The first-order valence-electron chi connectivity index (χ1n) is 9.21. The second kappa shape index (κ2) is 9.74. The van der Waals surface area contributed by atoms with Crippen LogP contribution in [0.1, 0.15) is 31.9 Å². The van der Waals surface area contributed by atoms with Crippen molar-refractivity contribution in [2.45, 2.75) is 38.6 Å². The fourth-order valence-corrected chi connectivity index (χ4v) is 3.53. The van der Waals surface area contributed by atoms with Crippen LogP contribution in [0.15, 0.2) is 36.4 Å². The summed E-state index contributed by atoms with van der Waals surface area (Å²) in [7, 11) is 1.93. The molecule has 6 heteroatoms. The number of hydrogen-bond acceptors (Lipinski definition) is 3. The summed E-state index contributed by atoms with van der Waals surface area (Å²) >= 11 is 0. The Hall–Kier alpha value is -1.85. The van der Waals surface area contributed by atoms with E-state index in [1.54, 1.807) is 0 Å². The van der Waals surface area contributed by atoms with E-state index in [0.29, 0.717) is 11.9 Å². The van der Waals surface area contributed by atoms with E-state index in [1.165, 1.54) is 0 Å². The van der Waals surface area contributed by atoms with Gasteiger partial charge in [0, 0.05) is 36.8 Å². The zero-order valence-corrected chi connectivity index (χ0v) is 16.4. The van der Waals surface area contributed by atoms with Crippen molar-refractivity contribution in [2.75, 3.05) is 20.1 Å². The third-order valence-electron chi connectivity index (χ3n) is 4.99. The van der Waals surface area contributed by atoms with Crippen molar-refractivity contribution in [3.63, 3.8) is 0 Å². The molecule has 3 rings (SSSR count). The third kappa shape index (κ3) is 5.32. The molecular weight excluding hydrogens is 348 g/mol. The summed E-state index contributed by atoms with van der Waals surface area (Å²) in [5, 5.41) is 10.9. The highest BCUT2D eigenvalue weighted by Crippen LogP contribution is 2.19. The molecule has 5 nitrogen and oxygen atoms in total. The van der Waals surface area contributed by atoms with Crippen LogP contribution < -0.4 is 5.32 Å². The van der Waals surface area contributed by atoms with Crippen molar-refractivity contribution < 1.29 is 4.79 Å². The van der Waals surface area contributed by atoms with Crippen LogP contribution in [-0.4, -0.2) is 47.2 Å². The Balaban J connectivity index is 0.00000243. The van der Waals surface area contributed by atoms with Gasteiger partial charge in [0.15, 0.2) is 0 Å². The van der Waals surface area contributed by atoms with Gasteiger partial charge >= 0.3 is 0 Å². The largest absolute Gasteiger partial charge is 0.346 e. The number of benzene rings is 1. The van der Waals surface area contributed by atoms with Crippen molar-refractivity contribution in [2.24, 2.45) is 5.92 Å². The molecule has 1 amide bonds. The van der Waals surface area contributed by atoms with Gasteiger partial charge in [-0.3, -0.25) is 9.89 Å². The number of nitrogens with zero attached hydrogens (tertiary/aromatic N) is 2. The summed E-state index contributed by atoms with van der Waals surface area (Å²) in [4.78, 5) is 14.5. The zero-order chi connectivity index (χ0) is 17.6. The lowest BCUT2D eigenvalue weighted by Crippen LogP contribution is -2.43. The van der Waals surface area contributed by atoms with Crippen LogP contribution in [0.3, 0.4) is 0 Å². The average molecular weight is 377 g/mol. The van der Waals surface area contributed by atoms with Gasteiger partial charge in [0.05, 0.1) is 5.69 Å². The molecular formula is C20H29ClN4O. The SMILES string of the molecule is C[C@H]1C[C@@H](C(=O)N(C)CCCc2cc(-c3ccccc3)n[nH]2)CCN1.Cl. The van der Waals surface area contributed by atoms with E-state index in [4.69, 9.17) is 0 Å². The Bertz CT molecular complexity index is 688. The van der Waals surface area contributed by atoms with Crippen LogP contribution in [-0.2, 0) is 11.2 Å². The lowest BCUT2D eigenvalue weighted by atomic mass is 9.92. The minimum Gasteiger partial charge on any atom is -0.346 e. The molecule has 2 atom stereocenters. The van der Waals surface area contributed by atoms with E-state index >= 15 is 0 Å². The predicted molar refractivity (Wildman–Crippen MR) is 107 cm³/mol. The molecule has 1 saturated heterocycles. The molecule has 1 aromatic carbocycles. The zero-order valence-electron chi connectivity index (χ0n) is 15.6. The van der Waals surface area contributed by atoms with Gasteiger partial charge in [-0.05, 0) is 45.2 Å². The number of aryl methyl sites for hydroxylation is 1. The van der Waals surface area contributed by atoms with Gasteiger partial charge in [0.25, 0.3) is 0 Å². The molecule has 0 saturated carbocycles. The molecule has 1 aromatic heterocycles. The smallest absolute Gasteiger partial charge is 0.225 e. The molecule has 2 aromatic rings. The van der Waals surface area contributed by atoms with Gasteiger partial charge in [0.1, 0.15) is 0 Å².